The lowest BCUT2D eigenvalue weighted by Gasteiger charge is -2.31. The highest BCUT2D eigenvalue weighted by Gasteiger charge is 2.56. The van der Waals surface area contributed by atoms with E-state index in [1.54, 1.807) is 42.5 Å². The van der Waals surface area contributed by atoms with Crippen LogP contribution in [0, 0.1) is 12.8 Å². The number of ether oxygens (including phenoxy) is 1. The van der Waals surface area contributed by atoms with Crippen molar-refractivity contribution in [1.29, 1.82) is 0 Å². The third-order valence-electron chi connectivity index (χ3n) is 6.99. The molecule has 42 heavy (non-hydrogen) atoms. The van der Waals surface area contributed by atoms with Crippen molar-refractivity contribution in [2.75, 3.05) is 16.8 Å². The van der Waals surface area contributed by atoms with Gasteiger partial charge in [0.2, 0.25) is 11.8 Å². The van der Waals surface area contributed by atoms with E-state index in [1.807, 2.05) is 19.1 Å². The van der Waals surface area contributed by atoms with Crippen molar-refractivity contribution >= 4 is 91.3 Å². The highest BCUT2D eigenvalue weighted by Crippen LogP contribution is 2.54. The molecule has 2 aliphatic rings. The molecular formula is C29H20BrCl2N3O5S2. The molecular weight excluding hydrogens is 685 g/mol. The van der Waals surface area contributed by atoms with Crippen LogP contribution in [0.1, 0.15) is 21.9 Å². The zero-order chi connectivity index (χ0) is 29.7. The molecule has 0 saturated carbocycles. The molecule has 3 aromatic carbocycles. The molecule has 1 saturated heterocycles. The third-order valence-corrected chi connectivity index (χ3v) is 10.6. The first-order chi connectivity index (χ1) is 20.1. The largest absolute Gasteiger partial charge is 0.483 e. The van der Waals surface area contributed by atoms with Gasteiger partial charge in [0.15, 0.2) is 6.61 Å². The van der Waals surface area contributed by atoms with E-state index in [0.29, 0.717) is 47.1 Å². The summed E-state index contributed by atoms with van der Waals surface area (Å²) in [6.07, 6.45) is 0. The maximum absolute atomic E-state index is 14.0. The van der Waals surface area contributed by atoms with E-state index >= 15 is 0 Å². The number of benzene rings is 3. The number of carbonyl (C=O) groups is 3. The number of aryl methyl sites for hydroxylation is 1. The van der Waals surface area contributed by atoms with Crippen molar-refractivity contribution in [2.45, 2.75) is 23.1 Å². The van der Waals surface area contributed by atoms with Crippen molar-refractivity contribution in [2.24, 2.45) is 5.92 Å². The minimum Gasteiger partial charge on any atom is -0.483 e. The normalized spacial score (nSPS) is 19.4. The Morgan fingerprint density at radius 1 is 1.02 bits per heavy atom. The molecule has 0 spiro atoms. The van der Waals surface area contributed by atoms with Crippen molar-refractivity contribution in [3.05, 3.63) is 101 Å². The summed E-state index contributed by atoms with van der Waals surface area (Å²) in [4.78, 5) is 57.4. The molecule has 2 aliphatic heterocycles. The van der Waals surface area contributed by atoms with Crippen LogP contribution in [-0.4, -0.2) is 34.6 Å². The van der Waals surface area contributed by atoms with Crippen LogP contribution in [0.2, 0.25) is 10.0 Å². The van der Waals surface area contributed by atoms with Crippen LogP contribution >= 0.6 is 62.2 Å². The zero-order valence-corrected chi connectivity index (χ0v) is 26.4. The highest BCUT2D eigenvalue weighted by atomic mass is 79.9. The highest BCUT2D eigenvalue weighted by molar-refractivity contribution is 9.10. The summed E-state index contributed by atoms with van der Waals surface area (Å²) in [5.41, 5.74) is 2.52. The molecule has 3 heterocycles. The molecule has 214 valence electrons. The number of rotatable bonds is 6. The van der Waals surface area contributed by atoms with Crippen LogP contribution < -0.4 is 19.8 Å². The molecule has 1 fully saturated rings. The molecule has 13 heteroatoms. The maximum Gasteiger partial charge on any atom is 0.305 e. The van der Waals surface area contributed by atoms with Crippen LogP contribution in [0.25, 0.3) is 0 Å². The molecule has 4 aromatic rings. The molecule has 1 aromatic heterocycles. The van der Waals surface area contributed by atoms with E-state index in [1.165, 1.54) is 22.7 Å². The number of hydrogen-bond donors (Lipinski definition) is 2. The second-order valence-corrected chi connectivity index (χ2v) is 13.6. The summed E-state index contributed by atoms with van der Waals surface area (Å²) in [7, 11) is 0. The minimum atomic E-state index is -0.801. The van der Waals surface area contributed by atoms with Gasteiger partial charge in [-0.25, -0.2) is 4.90 Å². The van der Waals surface area contributed by atoms with Crippen LogP contribution in [0.5, 0.6) is 5.75 Å². The number of hydrogen-bond acceptors (Lipinski definition) is 7. The summed E-state index contributed by atoms with van der Waals surface area (Å²) < 4.78 is 6.70. The number of aromatic amines is 1. The topological polar surface area (TPSA) is 109 Å². The van der Waals surface area contributed by atoms with Gasteiger partial charge in [0.25, 0.3) is 5.91 Å². The van der Waals surface area contributed by atoms with E-state index in [-0.39, 0.29) is 23.3 Å². The fourth-order valence-electron chi connectivity index (χ4n) is 5.11. The predicted molar refractivity (Wildman–Crippen MR) is 168 cm³/mol. The average Bonchev–Trinajstić information content (AvgIpc) is 3.44. The molecule has 0 aliphatic carbocycles. The SMILES string of the molecule is Cc1ccc(N2C(=O)[C@H]3[C@H](c4cc(Br)ccc4OCC(=O)Nc4ccc(Cl)c(Cl)c4)c4sc(=O)[nH]c4S[C@H]3C2=O)cc1. The average molecular weight is 705 g/mol. The smallest absolute Gasteiger partial charge is 0.305 e. The Hall–Kier alpha value is -3.09. The summed E-state index contributed by atoms with van der Waals surface area (Å²) in [5.74, 6) is -2.28. The number of nitrogens with zero attached hydrogens (tertiary/aromatic N) is 1. The predicted octanol–water partition coefficient (Wildman–Crippen LogP) is 6.63. The molecule has 0 unspecified atom stereocenters. The Labute approximate surface area is 266 Å². The number of amides is 3. The number of thioether (sulfide) groups is 1. The van der Waals surface area contributed by atoms with Gasteiger partial charge in [-0.15, -0.1) is 0 Å². The van der Waals surface area contributed by atoms with Gasteiger partial charge < -0.3 is 15.0 Å². The standard InChI is InChI=1S/C29H20BrCl2N3O5S2/c1-13-2-6-16(7-3-13)35-27(37)23-22(24-26(34-29(39)42-24)41-25(23)28(35)38)17-10-14(30)4-9-20(17)40-12-21(36)33-15-5-8-18(31)19(32)11-15/h2-11,22-23,25H,12H2,1H3,(H,33,36)(H,34,39)/t22-,23-,25+/m0/s1. The quantitative estimate of drug-likeness (QED) is 0.218. The first-order valence-electron chi connectivity index (χ1n) is 12.6. The zero-order valence-electron chi connectivity index (χ0n) is 21.7. The fraction of sp³-hybridized carbons (Fsp3) is 0.172. The lowest BCUT2D eigenvalue weighted by atomic mass is 9.82. The Bertz CT molecular complexity index is 1810. The number of fused-ring (bicyclic) bond motifs is 2. The van der Waals surface area contributed by atoms with Gasteiger partial charge in [-0.2, -0.15) is 0 Å². The number of imide groups is 1. The van der Waals surface area contributed by atoms with Crippen LogP contribution in [0.3, 0.4) is 0 Å². The molecule has 2 N–H and O–H groups in total. The minimum absolute atomic E-state index is 0.286. The molecule has 6 rings (SSSR count). The number of anilines is 2. The summed E-state index contributed by atoms with van der Waals surface area (Å²) in [5, 5.41) is 3.17. The first-order valence-corrected chi connectivity index (χ1v) is 15.9. The number of aromatic nitrogens is 1. The summed E-state index contributed by atoms with van der Waals surface area (Å²) >= 11 is 17.7. The van der Waals surface area contributed by atoms with Gasteiger partial charge in [-0.1, -0.05) is 79.9 Å². The maximum atomic E-state index is 14.0. The van der Waals surface area contributed by atoms with Crippen LogP contribution in [0.4, 0.5) is 11.4 Å². The molecule has 0 bridgehead atoms. The van der Waals surface area contributed by atoms with Crippen molar-refractivity contribution in [3.63, 3.8) is 0 Å². The van der Waals surface area contributed by atoms with Gasteiger partial charge in [-0.05, 0) is 55.5 Å². The lowest BCUT2D eigenvalue weighted by Crippen LogP contribution is -2.32. The molecule has 8 nitrogen and oxygen atoms in total. The van der Waals surface area contributed by atoms with Gasteiger partial charge in [0.1, 0.15) is 11.0 Å². The van der Waals surface area contributed by atoms with Crippen LogP contribution in [0.15, 0.2) is 75.0 Å². The molecule has 3 amide bonds. The number of halogens is 3. The van der Waals surface area contributed by atoms with Crippen molar-refractivity contribution < 1.29 is 19.1 Å². The fourth-order valence-corrected chi connectivity index (χ4v) is 8.29. The van der Waals surface area contributed by atoms with E-state index in [9.17, 15) is 19.2 Å². The molecule has 3 atom stereocenters. The van der Waals surface area contributed by atoms with E-state index in [0.717, 1.165) is 16.9 Å². The Morgan fingerprint density at radius 2 is 1.79 bits per heavy atom. The monoisotopic (exact) mass is 703 g/mol. The van der Waals surface area contributed by atoms with Crippen LogP contribution in [-0.2, 0) is 14.4 Å². The van der Waals surface area contributed by atoms with E-state index < -0.39 is 23.0 Å². The number of thiazole rings is 1. The van der Waals surface area contributed by atoms with Gasteiger partial charge in [0.05, 0.1) is 26.7 Å². The summed E-state index contributed by atoms with van der Waals surface area (Å²) in [6, 6.07) is 17.2. The third kappa shape index (κ3) is 5.40. The van der Waals surface area contributed by atoms with E-state index in [4.69, 9.17) is 27.9 Å². The van der Waals surface area contributed by atoms with Gasteiger partial charge in [0, 0.05) is 26.5 Å². The number of carbonyl (C=O) groups excluding carboxylic acids is 3. The second kappa shape index (κ2) is 11.5. The Balaban J connectivity index is 1.35. The number of H-pyrrole nitrogens is 1. The van der Waals surface area contributed by atoms with Crippen molar-refractivity contribution in [1.82, 2.24) is 4.98 Å². The second-order valence-electron chi connectivity index (χ2n) is 9.75. The van der Waals surface area contributed by atoms with Gasteiger partial charge >= 0.3 is 4.87 Å². The van der Waals surface area contributed by atoms with E-state index in [2.05, 4.69) is 26.2 Å². The van der Waals surface area contributed by atoms with Gasteiger partial charge in [-0.3, -0.25) is 19.2 Å². The molecule has 0 radical (unpaired) electrons. The summed E-state index contributed by atoms with van der Waals surface area (Å²) in [6.45, 7) is 1.58. The Morgan fingerprint density at radius 3 is 2.52 bits per heavy atom. The lowest BCUT2D eigenvalue weighted by molar-refractivity contribution is -0.122. The van der Waals surface area contributed by atoms with Crippen molar-refractivity contribution in [3.8, 4) is 5.75 Å². The Kier molecular flexibility index (Phi) is 7.97. The number of nitrogens with one attached hydrogen (secondary N) is 2. The first kappa shape index (κ1) is 29.0.